The molecule has 0 aliphatic carbocycles. The van der Waals surface area contributed by atoms with Crippen LogP contribution in [0, 0.1) is 0 Å². The molecule has 1 saturated heterocycles. The van der Waals surface area contributed by atoms with E-state index in [1.807, 2.05) is 41.3 Å². The van der Waals surface area contributed by atoms with Crippen LogP contribution in [0.4, 0.5) is 4.79 Å². The van der Waals surface area contributed by atoms with Gasteiger partial charge in [-0.2, -0.15) is 0 Å². The largest absolute Gasteiger partial charge is 0.445 e. The van der Waals surface area contributed by atoms with Gasteiger partial charge in [-0.3, -0.25) is 4.90 Å². The lowest BCUT2D eigenvalue weighted by Gasteiger charge is -2.33. The first kappa shape index (κ1) is 15.0. The summed E-state index contributed by atoms with van der Waals surface area (Å²) in [4.78, 5) is 14.5. The molecule has 122 valence electrons. The van der Waals surface area contributed by atoms with Gasteiger partial charge >= 0.3 is 6.09 Å². The highest BCUT2D eigenvalue weighted by Crippen LogP contribution is 2.38. The minimum absolute atomic E-state index is 0.169. The SMILES string of the molecule is O=C(OCc1ccccc1)N1C2C=C(c3ccccc3)CC1CC2. The molecule has 3 heteroatoms. The second kappa shape index (κ2) is 6.52. The van der Waals surface area contributed by atoms with Crippen molar-refractivity contribution in [2.24, 2.45) is 0 Å². The molecule has 0 aromatic heterocycles. The Balaban J connectivity index is 1.46. The van der Waals surface area contributed by atoms with Crippen molar-refractivity contribution in [3.8, 4) is 0 Å². The Morgan fingerprint density at radius 3 is 2.42 bits per heavy atom. The van der Waals surface area contributed by atoms with E-state index in [-0.39, 0.29) is 18.2 Å². The van der Waals surface area contributed by atoms with Crippen LogP contribution < -0.4 is 0 Å². The van der Waals surface area contributed by atoms with Crippen LogP contribution in [0.5, 0.6) is 0 Å². The van der Waals surface area contributed by atoms with Gasteiger partial charge in [0.1, 0.15) is 6.61 Å². The Morgan fingerprint density at radius 2 is 1.71 bits per heavy atom. The lowest BCUT2D eigenvalue weighted by molar-refractivity contribution is 0.0832. The van der Waals surface area contributed by atoms with Gasteiger partial charge in [0.05, 0.1) is 6.04 Å². The first-order valence-corrected chi connectivity index (χ1v) is 8.56. The van der Waals surface area contributed by atoms with Gasteiger partial charge in [0.15, 0.2) is 0 Å². The highest BCUT2D eigenvalue weighted by molar-refractivity contribution is 5.75. The molecule has 2 bridgehead atoms. The fraction of sp³-hybridized carbons (Fsp3) is 0.286. The van der Waals surface area contributed by atoms with E-state index in [0.717, 1.165) is 24.8 Å². The number of carbonyl (C=O) groups is 1. The molecule has 0 radical (unpaired) electrons. The van der Waals surface area contributed by atoms with Crippen LogP contribution in [0.2, 0.25) is 0 Å². The zero-order chi connectivity index (χ0) is 16.4. The third-order valence-corrected chi connectivity index (χ3v) is 4.96. The molecular weight excluding hydrogens is 298 g/mol. The summed E-state index contributed by atoms with van der Waals surface area (Å²) in [6.45, 7) is 0.338. The number of rotatable bonds is 3. The highest BCUT2D eigenvalue weighted by Gasteiger charge is 2.40. The van der Waals surface area contributed by atoms with E-state index in [1.165, 1.54) is 11.1 Å². The topological polar surface area (TPSA) is 29.5 Å². The molecular formula is C21H21NO2. The maximum atomic E-state index is 12.5. The number of hydrogen-bond donors (Lipinski definition) is 0. The number of benzene rings is 2. The van der Waals surface area contributed by atoms with Gasteiger partial charge in [0, 0.05) is 6.04 Å². The molecule has 0 spiro atoms. The molecule has 2 aliphatic rings. The van der Waals surface area contributed by atoms with E-state index < -0.39 is 0 Å². The summed E-state index contributed by atoms with van der Waals surface area (Å²) in [7, 11) is 0. The van der Waals surface area contributed by atoms with Crippen molar-refractivity contribution in [3.05, 3.63) is 77.9 Å². The number of fused-ring (bicyclic) bond motifs is 2. The average Bonchev–Trinajstić information content (AvgIpc) is 2.91. The zero-order valence-electron chi connectivity index (χ0n) is 13.6. The summed E-state index contributed by atoms with van der Waals surface area (Å²) in [6, 6.07) is 20.7. The van der Waals surface area contributed by atoms with Crippen molar-refractivity contribution in [2.45, 2.75) is 38.0 Å². The Kier molecular flexibility index (Phi) is 4.08. The van der Waals surface area contributed by atoms with Gasteiger partial charge in [-0.15, -0.1) is 0 Å². The van der Waals surface area contributed by atoms with Gasteiger partial charge < -0.3 is 4.74 Å². The smallest absolute Gasteiger partial charge is 0.410 e. The molecule has 4 rings (SSSR count). The van der Waals surface area contributed by atoms with Crippen LogP contribution in [-0.2, 0) is 11.3 Å². The molecule has 0 N–H and O–H groups in total. The molecule has 3 nitrogen and oxygen atoms in total. The van der Waals surface area contributed by atoms with Crippen molar-refractivity contribution < 1.29 is 9.53 Å². The van der Waals surface area contributed by atoms with Crippen LogP contribution >= 0.6 is 0 Å². The summed E-state index contributed by atoms with van der Waals surface area (Å²) in [5, 5.41) is 0. The van der Waals surface area contributed by atoms with E-state index in [1.54, 1.807) is 0 Å². The van der Waals surface area contributed by atoms with Crippen molar-refractivity contribution in [1.29, 1.82) is 0 Å². The minimum atomic E-state index is -0.185. The van der Waals surface area contributed by atoms with Gasteiger partial charge in [0.25, 0.3) is 0 Å². The van der Waals surface area contributed by atoms with Crippen LogP contribution in [-0.4, -0.2) is 23.1 Å². The summed E-state index contributed by atoms with van der Waals surface area (Å²) in [5.41, 5.74) is 3.65. The summed E-state index contributed by atoms with van der Waals surface area (Å²) >= 11 is 0. The van der Waals surface area contributed by atoms with Gasteiger partial charge in [0.2, 0.25) is 0 Å². The van der Waals surface area contributed by atoms with Gasteiger partial charge in [-0.05, 0) is 36.0 Å². The number of nitrogens with zero attached hydrogens (tertiary/aromatic N) is 1. The Hall–Kier alpha value is -2.55. The fourth-order valence-corrected chi connectivity index (χ4v) is 3.77. The normalized spacial score (nSPS) is 22.2. The third-order valence-electron chi connectivity index (χ3n) is 4.96. The first-order valence-electron chi connectivity index (χ1n) is 8.56. The van der Waals surface area contributed by atoms with Crippen LogP contribution in [0.1, 0.15) is 30.4 Å². The minimum Gasteiger partial charge on any atom is -0.445 e. The Labute approximate surface area is 142 Å². The third kappa shape index (κ3) is 2.94. The number of carbonyl (C=O) groups excluding carboxylic acids is 1. The fourth-order valence-electron chi connectivity index (χ4n) is 3.77. The Bertz CT molecular complexity index is 739. The van der Waals surface area contributed by atoms with E-state index >= 15 is 0 Å². The molecule has 2 atom stereocenters. The van der Waals surface area contributed by atoms with Crippen LogP contribution in [0.15, 0.2) is 66.7 Å². The number of hydrogen-bond acceptors (Lipinski definition) is 2. The van der Waals surface area contributed by atoms with E-state index in [9.17, 15) is 4.79 Å². The highest BCUT2D eigenvalue weighted by atomic mass is 16.6. The quantitative estimate of drug-likeness (QED) is 0.824. The van der Waals surface area contributed by atoms with Gasteiger partial charge in [-0.1, -0.05) is 66.7 Å². The van der Waals surface area contributed by atoms with Gasteiger partial charge in [-0.25, -0.2) is 4.79 Å². The van der Waals surface area contributed by atoms with E-state index in [0.29, 0.717) is 6.61 Å². The molecule has 0 saturated carbocycles. The predicted octanol–water partition coefficient (Wildman–Crippen LogP) is 4.64. The Morgan fingerprint density at radius 1 is 1.00 bits per heavy atom. The summed E-state index contributed by atoms with van der Waals surface area (Å²) in [6.07, 6.45) is 5.07. The average molecular weight is 319 g/mol. The van der Waals surface area contributed by atoms with Crippen molar-refractivity contribution in [1.82, 2.24) is 4.90 Å². The standard InChI is InChI=1S/C21H21NO2/c23-21(24-15-16-7-3-1-4-8-16)22-19-11-12-20(22)14-18(13-19)17-9-5-2-6-10-17/h1-10,13,19-20H,11-12,14-15H2. The lowest BCUT2D eigenvalue weighted by Crippen LogP contribution is -2.43. The molecule has 2 aromatic rings. The second-order valence-electron chi connectivity index (χ2n) is 6.51. The summed E-state index contributed by atoms with van der Waals surface area (Å²) in [5.74, 6) is 0. The molecule has 1 amide bonds. The predicted molar refractivity (Wildman–Crippen MR) is 94.3 cm³/mol. The van der Waals surface area contributed by atoms with E-state index in [2.05, 4.69) is 30.3 Å². The molecule has 2 unspecified atom stereocenters. The molecule has 2 aliphatic heterocycles. The van der Waals surface area contributed by atoms with Crippen molar-refractivity contribution >= 4 is 11.7 Å². The summed E-state index contributed by atoms with van der Waals surface area (Å²) < 4.78 is 5.55. The van der Waals surface area contributed by atoms with Crippen LogP contribution in [0.3, 0.4) is 0 Å². The van der Waals surface area contributed by atoms with Crippen molar-refractivity contribution in [2.75, 3.05) is 0 Å². The zero-order valence-corrected chi connectivity index (χ0v) is 13.6. The van der Waals surface area contributed by atoms with Crippen LogP contribution in [0.25, 0.3) is 5.57 Å². The molecule has 2 aromatic carbocycles. The number of amides is 1. The molecule has 2 heterocycles. The first-order chi connectivity index (χ1) is 11.8. The maximum Gasteiger partial charge on any atom is 0.410 e. The number of ether oxygens (including phenoxy) is 1. The van der Waals surface area contributed by atoms with E-state index in [4.69, 9.17) is 4.74 Å². The molecule has 24 heavy (non-hydrogen) atoms. The lowest BCUT2D eigenvalue weighted by atomic mass is 9.95. The molecule has 1 fully saturated rings. The maximum absolute atomic E-state index is 12.5. The second-order valence-corrected chi connectivity index (χ2v) is 6.51. The monoisotopic (exact) mass is 319 g/mol. The van der Waals surface area contributed by atoms with Crippen molar-refractivity contribution in [3.63, 3.8) is 0 Å².